The van der Waals surface area contributed by atoms with E-state index in [1.807, 2.05) is 4.98 Å². The van der Waals surface area contributed by atoms with E-state index in [-0.39, 0.29) is 5.69 Å². The Labute approximate surface area is 81.4 Å². The lowest BCUT2D eigenvalue weighted by Crippen LogP contribution is -2.16. The van der Waals surface area contributed by atoms with Gasteiger partial charge in [-0.3, -0.25) is 9.59 Å². The zero-order chi connectivity index (χ0) is 11.6. The van der Waals surface area contributed by atoms with Crippen molar-refractivity contribution < 1.29 is 23.1 Å². The van der Waals surface area contributed by atoms with Crippen LogP contribution in [0, 0.1) is 0 Å². The first-order valence-corrected chi connectivity index (χ1v) is 3.81. The highest BCUT2D eigenvalue weighted by Crippen LogP contribution is 2.26. The van der Waals surface area contributed by atoms with Crippen molar-refractivity contribution in [3.8, 4) is 0 Å². The van der Waals surface area contributed by atoms with Gasteiger partial charge in [-0.05, 0) is 0 Å². The van der Waals surface area contributed by atoms with Crippen molar-refractivity contribution in [2.45, 2.75) is 12.6 Å². The molecule has 7 heteroatoms. The second-order valence-corrected chi connectivity index (χ2v) is 2.82. The monoisotopic (exact) mass is 221 g/mol. The molecule has 0 aliphatic rings. The second kappa shape index (κ2) is 3.76. The van der Waals surface area contributed by atoms with Crippen molar-refractivity contribution in [1.29, 1.82) is 0 Å². The van der Waals surface area contributed by atoms with Gasteiger partial charge in [0.05, 0.1) is 6.42 Å². The number of aromatic nitrogens is 1. The highest BCUT2D eigenvalue weighted by molar-refractivity contribution is 5.69. The van der Waals surface area contributed by atoms with E-state index in [0.717, 1.165) is 6.07 Å². The molecule has 2 N–H and O–H groups in total. The second-order valence-electron chi connectivity index (χ2n) is 2.82. The predicted octanol–water partition coefficient (Wildman–Crippen LogP) is 1.02. The van der Waals surface area contributed by atoms with Gasteiger partial charge in [0.25, 0.3) is 0 Å². The number of hydrogen-bond acceptors (Lipinski definition) is 2. The van der Waals surface area contributed by atoms with Crippen LogP contribution < -0.4 is 5.43 Å². The number of carboxylic acids is 1. The summed E-state index contributed by atoms with van der Waals surface area (Å²) in [5, 5.41) is 8.35. The molecule has 0 aliphatic carbocycles. The fraction of sp³-hybridized carbons (Fsp3) is 0.250. The van der Waals surface area contributed by atoms with Gasteiger partial charge in [0.15, 0.2) is 5.43 Å². The maximum Gasteiger partial charge on any atom is 0.431 e. The lowest BCUT2D eigenvalue weighted by Gasteiger charge is -2.07. The number of pyridine rings is 1. The van der Waals surface area contributed by atoms with Crippen LogP contribution in [-0.4, -0.2) is 16.1 Å². The molecule has 0 fully saturated rings. The minimum atomic E-state index is -4.69. The van der Waals surface area contributed by atoms with Crippen LogP contribution in [0.2, 0.25) is 0 Å². The molecule has 0 radical (unpaired) electrons. The molecule has 0 atom stereocenters. The Morgan fingerprint density at radius 2 is 2.00 bits per heavy atom. The van der Waals surface area contributed by atoms with E-state index in [0.29, 0.717) is 6.07 Å². The Morgan fingerprint density at radius 3 is 2.47 bits per heavy atom. The smallest absolute Gasteiger partial charge is 0.431 e. The third-order valence-corrected chi connectivity index (χ3v) is 1.55. The summed E-state index contributed by atoms with van der Waals surface area (Å²) in [5.41, 5.74) is -2.40. The summed E-state index contributed by atoms with van der Waals surface area (Å²) in [6.45, 7) is 0. The SMILES string of the molecule is O=C(O)Cc1cc(=O)cc(C(F)(F)F)[nH]1. The van der Waals surface area contributed by atoms with Crippen molar-refractivity contribution in [3.63, 3.8) is 0 Å². The zero-order valence-corrected chi connectivity index (χ0v) is 7.26. The molecule has 0 saturated carbocycles. The Bertz CT molecular complexity index is 435. The van der Waals surface area contributed by atoms with Gasteiger partial charge in [-0.2, -0.15) is 13.2 Å². The van der Waals surface area contributed by atoms with Gasteiger partial charge in [-0.25, -0.2) is 0 Å². The highest BCUT2D eigenvalue weighted by Gasteiger charge is 2.32. The lowest BCUT2D eigenvalue weighted by molar-refractivity contribution is -0.142. The summed E-state index contributed by atoms with van der Waals surface area (Å²) in [4.78, 5) is 22.9. The molecular weight excluding hydrogens is 215 g/mol. The van der Waals surface area contributed by atoms with Crippen molar-refractivity contribution >= 4 is 5.97 Å². The molecule has 1 heterocycles. The van der Waals surface area contributed by atoms with Crippen LogP contribution in [0.15, 0.2) is 16.9 Å². The molecule has 4 nitrogen and oxygen atoms in total. The molecule has 1 aromatic rings. The molecule has 1 aromatic heterocycles. The van der Waals surface area contributed by atoms with Crippen molar-refractivity contribution in [2.24, 2.45) is 0 Å². The molecule has 0 bridgehead atoms. The molecule has 82 valence electrons. The first-order chi connectivity index (χ1) is 6.79. The number of halogens is 3. The summed E-state index contributed by atoms with van der Waals surface area (Å²) in [7, 11) is 0. The lowest BCUT2D eigenvalue weighted by atomic mass is 10.2. The molecule has 0 amide bonds. The van der Waals surface area contributed by atoms with E-state index in [9.17, 15) is 22.8 Å². The topological polar surface area (TPSA) is 70.2 Å². The van der Waals surface area contributed by atoms with Crippen molar-refractivity contribution in [1.82, 2.24) is 4.98 Å². The maximum absolute atomic E-state index is 12.2. The van der Waals surface area contributed by atoms with Crippen LogP contribution in [0.25, 0.3) is 0 Å². The molecule has 15 heavy (non-hydrogen) atoms. The minimum absolute atomic E-state index is 0.276. The van der Waals surface area contributed by atoms with Gasteiger partial charge in [0, 0.05) is 17.8 Å². The third kappa shape index (κ3) is 3.12. The first-order valence-electron chi connectivity index (χ1n) is 3.81. The molecule has 0 aromatic carbocycles. The number of alkyl halides is 3. The van der Waals surface area contributed by atoms with Crippen LogP contribution in [-0.2, 0) is 17.4 Å². The average molecular weight is 221 g/mol. The highest BCUT2D eigenvalue weighted by atomic mass is 19.4. The third-order valence-electron chi connectivity index (χ3n) is 1.55. The standard InChI is InChI=1S/C8H6F3NO3/c9-8(10,11)6-3-5(13)1-4(12-6)2-7(14)15/h1,3H,2H2,(H,12,13)(H,14,15). The Balaban J connectivity index is 3.17. The van der Waals surface area contributed by atoms with Gasteiger partial charge in [-0.1, -0.05) is 0 Å². The van der Waals surface area contributed by atoms with E-state index in [1.165, 1.54) is 0 Å². The van der Waals surface area contributed by atoms with Crippen LogP contribution >= 0.6 is 0 Å². The number of aromatic amines is 1. The van der Waals surface area contributed by atoms with E-state index in [1.54, 1.807) is 0 Å². The number of aliphatic carboxylic acids is 1. The Hall–Kier alpha value is -1.79. The van der Waals surface area contributed by atoms with Gasteiger partial charge in [0.1, 0.15) is 5.69 Å². The van der Waals surface area contributed by atoms with Gasteiger partial charge in [0.2, 0.25) is 0 Å². The van der Waals surface area contributed by atoms with Gasteiger partial charge >= 0.3 is 12.1 Å². The number of carbonyl (C=O) groups is 1. The summed E-state index contributed by atoms with van der Waals surface area (Å²) < 4.78 is 36.5. The van der Waals surface area contributed by atoms with Crippen LogP contribution in [0.5, 0.6) is 0 Å². The van der Waals surface area contributed by atoms with Crippen molar-refractivity contribution in [2.75, 3.05) is 0 Å². The quantitative estimate of drug-likeness (QED) is 0.783. The molecular formula is C8H6F3NO3. The fourth-order valence-corrected chi connectivity index (χ4v) is 1.01. The summed E-state index contributed by atoms with van der Waals surface area (Å²) >= 11 is 0. The molecule has 0 spiro atoms. The summed E-state index contributed by atoms with van der Waals surface area (Å²) in [6, 6.07) is 1.20. The van der Waals surface area contributed by atoms with Crippen LogP contribution in [0.3, 0.4) is 0 Å². The maximum atomic E-state index is 12.2. The average Bonchev–Trinajstić information content (AvgIpc) is 1.99. The normalized spacial score (nSPS) is 11.4. The molecule has 1 rings (SSSR count). The summed E-state index contributed by atoms with van der Waals surface area (Å²) in [6.07, 6.45) is -5.34. The van der Waals surface area contributed by atoms with Crippen LogP contribution in [0.4, 0.5) is 13.2 Å². The van der Waals surface area contributed by atoms with Gasteiger partial charge in [-0.15, -0.1) is 0 Å². The number of carboxylic acid groups (broad SMARTS) is 1. The van der Waals surface area contributed by atoms with Crippen molar-refractivity contribution in [3.05, 3.63) is 33.7 Å². The number of H-pyrrole nitrogens is 1. The predicted molar refractivity (Wildman–Crippen MR) is 43.4 cm³/mol. The fourth-order valence-electron chi connectivity index (χ4n) is 1.01. The molecule has 0 aliphatic heterocycles. The van der Waals surface area contributed by atoms with E-state index in [4.69, 9.17) is 5.11 Å². The van der Waals surface area contributed by atoms with Gasteiger partial charge < -0.3 is 10.1 Å². The first kappa shape index (κ1) is 11.3. The van der Waals surface area contributed by atoms with E-state index in [2.05, 4.69) is 0 Å². The molecule has 0 saturated heterocycles. The number of hydrogen-bond donors (Lipinski definition) is 2. The van der Waals surface area contributed by atoms with E-state index >= 15 is 0 Å². The zero-order valence-electron chi connectivity index (χ0n) is 7.26. The number of nitrogens with one attached hydrogen (secondary N) is 1. The Kier molecular flexibility index (Phi) is 2.83. The summed E-state index contributed by atoms with van der Waals surface area (Å²) in [5.74, 6) is -1.31. The van der Waals surface area contributed by atoms with Crippen LogP contribution in [0.1, 0.15) is 11.4 Å². The largest absolute Gasteiger partial charge is 0.481 e. The number of rotatable bonds is 2. The minimum Gasteiger partial charge on any atom is -0.481 e. The Morgan fingerprint density at radius 1 is 1.40 bits per heavy atom. The van der Waals surface area contributed by atoms with E-state index < -0.39 is 29.7 Å². The molecule has 0 unspecified atom stereocenters.